The Morgan fingerprint density at radius 2 is 2.24 bits per heavy atom. The van der Waals surface area contributed by atoms with Crippen LogP contribution < -0.4 is 11.1 Å². The Kier molecular flexibility index (Phi) is 5.30. The maximum atomic E-state index is 13.1. The Labute approximate surface area is 127 Å². The van der Waals surface area contributed by atoms with Gasteiger partial charge in [-0.25, -0.2) is 4.39 Å². The summed E-state index contributed by atoms with van der Waals surface area (Å²) >= 11 is 1.67. The monoisotopic (exact) mass is 307 g/mol. The Hall–Kier alpha value is -1.92. The maximum absolute atomic E-state index is 13.1. The average Bonchev–Trinajstić information content (AvgIpc) is 2.95. The highest BCUT2D eigenvalue weighted by Crippen LogP contribution is 2.16. The van der Waals surface area contributed by atoms with Crippen LogP contribution in [-0.4, -0.2) is 23.9 Å². The molecule has 2 rings (SSSR count). The summed E-state index contributed by atoms with van der Waals surface area (Å²) in [6, 6.07) is 8.21. The number of carbonyl (C=O) groups is 1. The molecular formula is C15H18FN3OS. The van der Waals surface area contributed by atoms with Gasteiger partial charge in [-0.05, 0) is 36.2 Å². The van der Waals surface area contributed by atoms with Crippen LogP contribution in [0, 0.1) is 5.82 Å². The lowest BCUT2D eigenvalue weighted by molar-refractivity contribution is -0.117. The van der Waals surface area contributed by atoms with E-state index in [0.717, 1.165) is 13.1 Å². The van der Waals surface area contributed by atoms with Gasteiger partial charge >= 0.3 is 0 Å². The summed E-state index contributed by atoms with van der Waals surface area (Å²) in [6.07, 6.45) is 0. The Morgan fingerprint density at radius 3 is 2.86 bits per heavy atom. The molecule has 1 amide bonds. The molecule has 0 atom stereocenters. The second-order valence-electron chi connectivity index (χ2n) is 4.67. The molecule has 2 aromatic rings. The van der Waals surface area contributed by atoms with Crippen LogP contribution in [0.15, 0.2) is 35.7 Å². The van der Waals surface area contributed by atoms with Crippen LogP contribution in [0.2, 0.25) is 0 Å². The summed E-state index contributed by atoms with van der Waals surface area (Å²) < 4.78 is 13.1. The number of carbonyl (C=O) groups excluding carboxylic acids is 1. The number of amides is 1. The molecule has 6 heteroatoms. The van der Waals surface area contributed by atoms with Crippen molar-refractivity contribution in [3.05, 3.63) is 46.4 Å². The van der Waals surface area contributed by atoms with Crippen LogP contribution in [0.3, 0.4) is 0 Å². The topological polar surface area (TPSA) is 58.4 Å². The lowest BCUT2D eigenvalue weighted by Gasteiger charge is -2.19. The number of hydrogen-bond acceptors (Lipinski definition) is 4. The van der Waals surface area contributed by atoms with E-state index < -0.39 is 5.82 Å². The van der Waals surface area contributed by atoms with Crippen molar-refractivity contribution in [2.75, 3.05) is 24.1 Å². The Morgan fingerprint density at radius 1 is 1.43 bits per heavy atom. The van der Waals surface area contributed by atoms with E-state index in [1.807, 2.05) is 29.3 Å². The molecule has 0 radical (unpaired) electrons. The van der Waals surface area contributed by atoms with Gasteiger partial charge in [0.1, 0.15) is 5.82 Å². The standard InChI is InChI=1S/C15H18FN3OS/c1-2-19(9-12-4-3-7-21-12)10-15(20)18-11-5-6-13(16)14(17)8-11/h3-8H,2,9-10,17H2,1H3,(H,18,20). The molecule has 3 N–H and O–H groups in total. The molecule has 1 aromatic heterocycles. The number of anilines is 2. The summed E-state index contributed by atoms with van der Waals surface area (Å²) in [7, 11) is 0. The second kappa shape index (κ2) is 7.19. The molecule has 0 saturated carbocycles. The summed E-state index contributed by atoms with van der Waals surface area (Å²) in [6.45, 7) is 3.81. The summed E-state index contributed by atoms with van der Waals surface area (Å²) in [5.74, 6) is -0.625. The molecular weight excluding hydrogens is 289 g/mol. The zero-order valence-corrected chi connectivity index (χ0v) is 12.6. The molecule has 0 aliphatic carbocycles. The van der Waals surface area contributed by atoms with Crippen molar-refractivity contribution in [1.82, 2.24) is 4.90 Å². The molecule has 0 saturated heterocycles. The van der Waals surface area contributed by atoms with E-state index in [0.29, 0.717) is 5.69 Å². The first kappa shape index (κ1) is 15.5. The van der Waals surface area contributed by atoms with Crippen LogP contribution >= 0.6 is 11.3 Å². The molecule has 0 bridgehead atoms. The molecule has 0 fully saturated rings. The fourth-order valence-corrected chi connectivity index (χ4v) is 2.67. The van der Waals surface area contributed by atoms with Crippen molar-refractivity contribution in [3.8, 4) is 0 Å². The van der Waals surface area contributed by atoms with Gasteiger partial charge in [0.05, 0.1) is 12.2 Å². The van der Waals surface area contributed by atoms with Gasteiger partial charge in [0.25, 0.3) is 0 Å². The number of rotatable bonds is 6. The van der Waals surface area contributed by atoms with Gasteiger partial charge in [0, 0.05) is 17.1 Å². The molecule has 0 aliphatic heterocycles. The van der Waals surface area contributed by atoms with Crippen molar-refractivity contribution < 1.29 is 9.18 Å². The molecule has 1 heterocycles. The minimum atomic E-state index is -0.485. The van der Waals surface area contributed by atoms with Gasteiger partial charge in [-0.15, -0.1) is 11.3 Å². The second-order valence-corrected chi connectivity index (χ2v) is 5.70. The lowest BCUT2D eigenvalue weighted by atomic mass is 10.2. The number of thiophene rings is 1. The number of hydrogen-bond donors (Lipinski definition) is 2. The normalized spacial score (nSPS) is 10.8. The van der Waals surface area contributed by atoms with Crippen molar-refractivity contribution in [2.45, 2.75) is 13.5 Å². The third kappa shape index (κ3) is 4.54. The molecule has 0 aliphatic rings. The highest BCUT2D eigenvalue weighted by Gasteiger charge is 2.11. The van der Waals surface area contributed by atoms with Crippen molar-refractivity contribution in [1.29, 1.82) is 0 Å². The number of nitrogens with two attached hydrogens (primary N) is 1. The van der Waals surface area contributed by atoms with E-state index in [-0.39, 0.29) is 18.1 Å². The predicted molar refractivity (Wildman–Crippen MR) is 84.7 cm³/mol. The number of halogens is 1. The first-order valence-electron chi connectivity index (χ1n) is 6.68. The van der Waals surface area contributed by atoms with E-state index in [2.05, 4.69) is 5.32 Å². The van der Waals surface area contributed by atoms with Crippen LogP contribution in [0.4, 0.5) is 15.8 Å². The quantitative estimate of drug-likeness (QED) is 0.807. The lowest BCUT2D eigenvalue weighted by Crippen LogP contribution is -2.32. The molecule has 1 aromatic carbocycles. The van der Waals surface area contributed by atoms with E-state index >= 15 is 0 Å². The first-order valence-corrected chi connectivity index (χ1v) is 7.56. The smallest absolute Gasteiger partial charge is 0.238 e. The fraction of sp³-hybridized carbons (Fsp3) is 0.267. The van der Waals surface area contributed by atoms with Crippen molar-refractivity contribution in [2.24, 2.45) is 0 Å². The molecule has 0 spiro atoms. The number of nitrogen functional groups attached to an aromatic ring is 1. The summed E-state index contributed by atoms with van der Waals surface area (Å²) in [5.41, 5.74) is 6.01. The van der Waals surface area contributed by atoms with E-state index in [4.69, 9.17) is 5.73 Å². The van der Waals surface area contributed by atoms with Gasteiger partial charge in [0.2, 0.25) is 5.91 Å². The highest BCUT2D eigenvalue weighted by molar-refractivity contribution is 7.09. The number of likely N-dealkylation sites (N-methyl/N-ethyl adjacent to an activating group) is 1. The molecule has 0 unspecified atom stereocenters. The maximum Gasteiger partial charge on any atom is 0.238 e. The third-order valence-electron chi connectivity index (χ3n) is 3.05. The highest BCUT2D eigenvalue weighted by atomic mass is 32.1. The number of nitrogens with one attached hydrogen (secondary N) is 1. The fourth-order valence-electron chi connectivity index (χ4n) is 1.93. The zero-order chi connectivity index (χ0) is 15.2. The number of nitrogens with zero attached hydrogens (tertiary/aromatic N) is 1. The van der Waals surface area contributed by atoms with Crippen LogP contribution in [0.5, 0.6) is 0 Å². The Balaban J connectivity index is 1.91. The predicted octanol–water partition coefficient (Wildman–Crippen LogP) is 2.93. The molecule has 4 nitrogen and oxygen atoms in total. The van der Waals surface area contributed by atoms with E-state index in [9.17, 15) is 9.18 Å². The minimum Gasteiger partial charge on any atom is -0.396 e. The zero-order valence-electron chi connectivity index (χ0n) is 11.8. The van der Waals surface area contributed by atoms with Crippen LogP contribution in [0.1, 0.15) is 11.8 Å². The third-order valence-corrected chi connectivity index (χ3v) is 3.91. The molecule has 112 valence electrons. The van der Waals surface area contributed by atoms with Gasteiger partial charge < -0.3 is 11.1 Å². The van der Waals surface area contributed by atoms with Crippen molar-refractivity contribution in [3.63, 3.8) is 0 Å². The molecule has 21 heavy (non-hydrogen) atoms. The summed E-state index contributed by atoms with van der Waals surface area (Å²) in [4.78, 5) is 15.3. The largest absolute Gasteiger partial charge is 0.396 e. The van der Waals surface area contributed by atoms with Crippen LogP contribution in [0.25, 0.3) is 0 Å². The van der Waals surface area contributed by atoms with Gasteiger partial charge in [-0.2, -0.15) is 0 Å². The van der Waals surface area contributed by atoms with Gasteiger partial charge in [-0.3, -0.25) is 9.69 Å². The first-order chi connectivity index (χ1) is 10.1. The van der Waals surface area contributed by atoms with E-state index in [1.54, 1.807) is 11.3 Å². The summed E-state index contributed by atoms with van der Waals surface area (Å²) in [5, 5.41) is 4.75. The van der Waals surface area contributed by atoms with Crippen LogP contribution in [-0.2, 0) is 11.3 Å². The number of benzene rings is 1. The SMILES string of the molecule is CCN(CC(=O)Nc1ccc(F)c(N)c1)Cc1cccs1. The van der Waals surface area contributed by atoms with Crippen molar-refractivity contribution >= 4 is 28.6 Å². The Bertz CT molecular complexity index is 601. The average molecular weight is 307 g/mol. The van der Waals surface area contributed by atoms with E-state index in [1.165, 1.54) is 23.1 Å². The minimum absolute atomic E-state index is 0.0266. The van der Waals surface area contributed by atoms with Gasteiger partial charge in [-0.1, -0.05) is 13.0 Å². The van der Waals surface area contributed by atoms with Gasteiger partial charge in [0.15, 0.2) is 0 Å².